The van der Waals surface area contributed by atoms with E-state index in [2.05, 4.69) is 9.97 Å². The summed E-state index contributed by atoms with van der Waals surface area (Å²) in [5.41, 5.74) is 5.01. The molecule has 6 nitrogen and oxygen atoms in total. The molecule has 19 heavy (non-hydrogen) atoms. The molecule has 0 fully saturated rings. The number of carbonyl (C=O) groups is 2. The summed E-state index contributed by atoms with van der Waals surface area (Å²) in [6.07, 6.45) is 0.540. The fourth-order valence-electron chi connectivity index (χ4n) is 1.30. The molecular formula is C11H11N3O3S2. The van der Waals surface area contributed by atoms with Crippen LogP contribution < -0.4 is 5.73 Å². The first-order chi connectivity index (χ1) is 9.08. The lowest BCUT2D eigenvalue weighted by molar-refractivity contribution is -0.151. The van der Waals surface area contributed by atoms with Crippen LogP contribution in [0.5, 0.6) is 0 Å². The van der Waals surface area contributed by atoms with Gasteiger partial charge in [-0.15, -0.1) is 11.3 Å². The number of hydrogen-bond acceptors (Lipinski definition) is 7. The Labute approximate surface area is 117 Å². The molecule has 100 valence electrons. The Morgan fingerprint density at radius 3 is 3.05 bits per heavy atom. The highest BCUT2D eigenvalue weighted by Crippen LogP contribution is 2.27. The average Bonchev–Trinajstić information content (AvgIpc) is 2.84. The Kier molecular flexibility index (Phi) is 4.33. The van der Waals surface area contributed by atoms with Crippen LogP contribution in [-0.4, -0.2) is 33.7 Å². The first-order valence-corrected chi connectivity index (χ1v) is 7.24. The summed E-state index contributed by atoms with van der Waals surface area (Å²) in [6.45, 7) is 1.44. The number of fused-ring (bicyclic) bond motifs is 1. The Balaban J connectivity index is 1.97. The van der Waals surface area contributed by atoms with Crippen LogP contribution in [0, 0.1) is 0 Å². The van der Waals surface area contributed by atoms with Crippen molar-refractivity contribution >= 4 is 45.2 Å². The van der Waals surface area contributed by atoms with Crippen LogP contribution in [0.1, 0.15) is 6.92 Å². The number of rotatable bonds is 5. The first-order valence-electron chi connectivity index (χ1n) is 5.37. The predicted octanol–water partition coefficient (Wildman–Crippen LogP) is 1.20. The van der Waals surface area contributed by atoms with Crippen molar-refractivity contribution in [1.29, 1.82) is 0 Å². The molecule has 0 aliphatic rings. The number of ether oxygens (including phenoxy) is 1. The maximum absolute atomic E-state index is 11.5. The van der Waals surface area contributed by atoms with E-state index in [4.69, 9.17) is 10.5 Å². The van der Waals surface area contributed by atoms with E-state index in [1.807, 2.05) is 11.4 Å². The summed E-state index contributed by atoms with van der Waals surface area (Å²) >= 11 is 2.75. The summed E-state index contributed by atoms with van der Waals surface area (Å²) in [6, 6.07) is 1.90. The normalized spacial score (nSPS) is 12.3. The second-order valence-corrected chi connectivity index (χ2v) is 5.50. The molecule has 0 saturated heterocycles. The molecule has 0 saturated carbocycles. The third-order valence-electron chi connectivity index (χ3n) is 2.26. The van der Waals surface area contributed by atoms with Crippen LogP contribution >= 0.6 is 23.1 Å². The van der Waals surface area contributed by atoms with Gasteiger partial charge in [-0.2, -0.15) is 0 Å². The molecule has 0 aliphatic heterocycles. The fraction of sp³-hybridized carbons (Fsp3) is 0.273. The highest BCUT2D eigenvalue weighted by atomic mass is 32.2. The van der Waals surface area contributed by atoms with Gasteiger partial charge in [0.25, 0.3) is 5.91 Å². The number of primary amides is 1. The van der Waals surface area contributed by atoms with Crippen LogP contribution in [-0.2, 0) is 14.3 Å². The second kappa shape index (κ2) is 5.98. The van der Waals surface area contributed by atoms with Crippen molar-refractivity contribution in [2.75, 3.05) is 5.75 Å². The number of nitrogens with zero attached hydrogens (tertiary/aromatic N) is 2. The van der Waals surface area contributed by atoms with Crippen LogP contribution in [0.15, 0.2) is 22.8 Å². The Hall–Kier alpha value is -1.67. The van der Waals surface area contributed by atoms with Gasteiger partial charge in [0.1, 0.15) is 16.2 Å². The number of carbonyl (C=O) groups excluding carboxylic acids is 2. The summed E-state index contributed by atoms with van der Waals surface area (Å²) in [5, 5.41) is 3.54. The van der Waals surface area contributed by atoms with Gasteiger partial charge in [0, 0.05) is 5.39 Å². The second-order valence-electron chi connectivity index (χ2n) is 3.64. The smallest absolute Gasteiger partial charge is 0.317 e. The SMILES string of the molecule is C[C@@H](OC(=O)CSc1ncnc2sccc12)C(N)=O. The van der Waals surface area contributed by atoms with Gasteiger partial charge in [0.15, 0.2) is 6.10 Å². The summed E-state index contributed by atoms with van der Waals surface area (Å²) in [4.78, 5) is 31.4. The topological polar surface area (TPSA) is 95.2 Å². The maximum Gasteiger partial charge on any atom is 0.317 e. The molecule has 2 heterocycles. The average molecular weight is 297 g/mol. The number of thiophene rings is 1. The molecule has 2 rings (SSSR count). The minimum absolute atomic E-state index is 0.0690. The molecule has 1 amide bonds. The molecule has 2 N–H and O–H groups in total. The van der Waals surface area contributed by atoms with E-state index in [0.29, 0.717) is 0 Å². The molecule has 0 bridgehead atoms. The predicted molar refractivity (Wildman–Crippen MR) is 72.9 cm³/mol. The molecule has 2 aromatic rings. The molecular weight excluding hydrogens is 286 g/mol. The van der Waals surface area contributed by atoms with Gasteiger partial charge in [-0.25, -0.2) is 9.97 Å². The monoisotopic (exact) mass is 297 g/mol. The van der Waals surface area contributed by atoms with E-state index in [9.17, 15) is 9.59 Å². The van der Waals surface area contributed by atoms with E-state index in [-0.39, 0.29) is 5.75 Å². The molecule has 0 spiro atoms. The van der Waals surface area contributed by atoms with E-state index >= 15 is 0 Å². The number of aromatic nitrogens is 2. The molecule has 0 radical (unpaired) electrons. The van der Waals surface area contributed by atoms with E-state index in [0.717, 1.165) is 15.2 Å². The number of nitrogens with two attached hydrogens (primary N) is 1. The van der Waals surface area contributed by atoms with Gasteiger partial charge >= 0.3 is 5.97 Å². The third kappa shape index (κ3) is 3.42. The van der Waals surface area contributed by atoms with Gasteiger partial charge in [0.2, 0.25) is 0 Å². The van der Waals surface area contributed by atoms with Crippen molar-refractivity contribution in [3.63, 3.8) is 0 Å². The van der Waals surface area contributed by atoms with E-state index < -0.39 is 18.0 Å². The van der Waals surface area contributed by atoms with Crippen molar-refractivity contribution in [1.82, 2.24) is 9.97 Å². The standard InChI is InChI=1S/C11H11N3O3S2/c1-6(9(12)16)17-8(15)4-19-11-7-2-3-18-10(7)13-5-14-11/h2-3,5-6H,4H2,1H3,(H2,12,16)/t6-/m1/s1. The zero-order valence-electron chi connectivity index (χ0n) is 10.0. The lowest BCUT2D eigenvalue weighted by atomic mass is 10.4. The van der Waals surface area contributed by atoms with Gasteiger partial charge in [-0.1, -0.05) is 11.8 Å². The zero-order chi connectivity index (χ0) is 13.8. The Morgan fingerprint density at radius 1 is 1.53 bits per heavy atom. The highest BCUT2D eigenvalue weighted by molar-refractivity contribution is 8.00. The number of amides is 1. The summed E-state index contributed by atoms with van der Waals surface area (Å²) < 4.78 is 4.85. The lowest BCUT2D eigenvalue weighted by Crippen LogP contribution is -2.31. The van der Waals surface area contributed by atoms with Crippen LogP contribution in [0.3, 0.4) is 0 Å². The van der Waals surface area contributed by atoms with Crippen molar-refractivity contribution < 1.29 is 14.3 Å². The molecule has 0 aromatic carbocycles. The molecule has 0 unspecified atom stereocenters. The number of esters is 1. The van der Waals surface area contributed by atoms with Crippen molar-refractivity contribution in [3.8, 4) is 0 Å². The Morgan fingerprint density at radius 2 is 2.32 bits per heavy atom. The number of thioether (sulfide) groups is 1. The fourth-order valence-corrected chi connectivity index (χ4v) is 2.86. The quantitative estimate of drug-likeness (QED) is 0.506. The first kappa shape index (κ1) is 13.8. The number of hydrogen-bond donors (Lipinski definition) is 1. The van der Waals surface area contributed by atoms with E-state index in [1.165, 1.54) is 36.3 Å². The van der Waals surface area contributed by atoms with Crippen molar-refractivity contribution in [2.24, 2.45) is 5.73 Å². The van der Waals surface area contributed by atoms with Gasteiger partial charge in [0.05, 0.1) is 5.75 Å². The van der Waals surface area contributed by atoms with Crippen molar-refractivity contribution in [3.05, 3.63) is 17.8 Å². The highest BCUT2D eigenvalue weighted by Gasteiger charge is 2.15. The summed E-state index contributed by atoms with van der Waals surface area (Å²) in [7, 11) is 0. The Bertz CT molecular complexity index is 614. The minimum atomic E-state index is -0.917. The lowest BCUT2D eigenvalue weighted by Gasteiger charge is -2.09. The van der Waals surface area contributed by atoms with Crippen LogP contribution in [0.4, 0.5) is 0 Å². The van der Waals surface area contributed by atoms with Crippen molar-refractivity contribution in [2.45, 2.75) is 18.1 Å². The minimum Gasteiger partial charge on any atom is -0.452 e. The van der Waals surface area contributed by atoms with Gasteiger partial charge in [-0.05, 0) is 18.4 Å². The van der Waals surface area contributed by atoms with Crippen LogP contribution in [0.2, 0.25) is 0 Å². The van der Waals surface area contributed by atoms with Gasteiger partial charge < -0.3 is 10.5 Å². The molecule has 2 aromatic heterocycles. The van der Waals surface area contributed by atoms with E-state index in [1.54, 1.807) is 0 Å². The molecule has 0 aliphatic carbocycles. The maximum atomic E-state index is 11.5. The zero-order valence-corrected chi connectivity index (χ0v) is 11.7. The largest absolute Gasteiger partial charge is 0.452 e. The summed E-state index contributed by atoms with van der Waals surface area (Å²) in [5.74, 6) is -1.10. The van der Waals surface area contributed by atoms with Crippen LogP contribution in [0.25, 0.3) is 10.2 Å². The molecule has 8 heteroatoms. The molecule has 1 atom stereocenters. The third-order valence-corrected chi connectivity index (χ3v) is 4.06. The van der Waals surface area contributed by atoms with Gasteiger partial charge in [-0.3, -0.25) is 9.59 Å².